The lowest BCUT2D eigenvalue weighted by atomic mass is 10.2. The van der Waals surface area contributed by atoms with Crippen LogP contribution in [0.2, 0.25) is 0 Å². The van der Waals surface area contributed by atoms with Crippen LogP contribution >= 0.6 is 0 Å². The maximum Gasteiger partial charge on any atom is 0.325 e. The molecule has 1 atom stereocenters. The van der Waals surface area contributed by atoms with Crippen LogP contribution in [0.4, 0.5) is 5.69 Å². The van der Waals surface area contributed by atoms with Crippen LogP contribution in [-0.4, -0.2) is 17.1 Å². The standard InChI is InChI=1S/C16H17NO3/c1-12(16(18)19)17-14-8-5-9-15(10-14)20-11-13-6-3-2-4-7-13/h2-10,12,17H,11H2,1H3,(H,18,19)/t12-/m0/s1. The van der Waals surface area contributed by atoms with E-state index >= 15 is 0 Å². The topological polar surface area (TPSA) is 58.6 Å². The van der Waals surface area contributed by atoms with Crippen molar-refractivity contribution in [3.05, 3.63) is 60.2 Å². The van der Waals surface area contributed by atoms with Crippen molar-refractivity contribution in [2.24, 2.45) is 0 Å². The van der Waals surface area contributed by atoms with Crippen molar-refractivity contribution >= 4 is 11.7 Å². The molecule has 0 spiro atoms. The molecule has 2 aromatic carbocycles. The monoisotopic (exact) mass is 271 g/mol. The maximum atomic E-state index is 10.8. The van der Waals surface area contributed by atoms with Gasteiger partial charge in [0.1, 0.15) is 18.4 Å². The van der Waals surface area contributed by atoms with Gasteiger partial charge in [-0.25, -0.2) is 0 Å². The van der Waals surface area contributed by atoms with Gasteiger partial charge in [-0.2, -0.15) is 0 Å². The van der Waals surface area contributed by atoms with E-state index in [2.05, 4.69) is 5.32 Å². The predicted octanol–water partition coefficient (Wildman–Crippen LogP) is 3.15. The van der Waals surface area contributed by atoms with E-state index in [0.717, 1.165) is 11.3 Å². The van der Waals surface area contributed by atoms with Crippen LogP contribution < -0.4 is 10.1 Å². The van der Waals surface area contributed by atoms with E-state index in [4.69, 9.17) is 9.84 Å². The quantitative estimate of drug-likeness (QED) is 0.847. The zero-order valence-corrected chi connectivity index (χ0v) is 11.2. The molecule has 0 aliphatic rings. The third-order valence-corrected chi connectivity index (χ3v) is 2.84. The fraction of sp³-hybridized carbons (Fsp3) is 0.188. The van der Waals surface area contributed by atoms with Crippen molar-refractivity contribution in [1.82, 2.24) is 0 Å². The highest BCUT2D eigenvalue weighted by atomic mass is 16.5. The maximum absolute atomic E-state index is 10.8. The molecule has 0 amide bonds. The Morgan fingerprint density at radius 3 is 2.65 bits per heavy atom. The van der Waals surface area contributed by atoms with Crippen LogP contribution in [-0.2, 0) is 11.4 Å². The molecule has 104 valence electrons. The molecule has 0 fully saturated rings. The Hall–Kier alpha value is -2.49. The first kappa shape index (κ1) is 13.9. The highest BCUT2D eigenvalue weighted by Crippen LogP contribution is 2.19. The molecule has 4 heteroatoms. The van der Waals surface area contributed by atoms with Crippen LogP contribution in [0.5, 0.6) is 5.75 Å². The van der Waals surface area contributed by atoms with Gasteiger partial charge in [0.2, 0.25) is 0 Å². The van der Waals surface area contributed by atoms with E-state index in [1.54, 1.807) is 13.0 Å². The number of carboxylic acid groups (broad SMARTS) is 1. The van der Waals surface area contributed by atoms with Crippen LogP contribution in [0.15, 0.2) is 54.6 Å². The van der Waals surface area contributed by atoms with Gasteiger partial charge in [0, 0.05) is 11.8 Å². The van der Waals surface area contributed by atoms with Crippen LogP contribution in [0, 0.1) is 0 Å². The number of ether oxygens (including phenoxy) is 1. The minimum absolute atomic E-state index is 0.485. The van der Waals surface area contributed by atoms with E-state index in [0.29, 0.717) is 12.4 Å². The first-order valence-corrected chi connectivity index (χ1v) is 6.41. The number of anilines is 1. The molecule has 20 heavy (non-hydrogen) atoms. The second-order valence-electron chi connectivity index (χ2n) is 4.51. The summed E-state index contributed by atoms with van der Waals surface area (Å²) in [6.07, 6.45) is 0. The molecule has 2 aromatic rings. The van der Waals surface area contributed by atoms with Gasteiger partial charge in [0.15, 0.2) is 0 Å². The molecular weight excluding hydrogens is 254 g/mol. The molecule has 0 saturated carbocycles. The zero-order valence-electron chi connectivity index (χ0n) is 11.2. The Kier molecular flexibility index (Phi) is 4.60. The average molecular weight is 271 g/mol. The van der Waals surface area contributed by atoms with E-state index < -0.39 is 12.0 Å². The Morgan fingerprint density at radius 2 is 1.95 bits per heavy atom. The second kappa shape index (κ2) is 6.61. The van der Waals surface area contributed by atoms with Crippen LogP contribution in [0.25, 0.3) is 0 Å². The highest BCUT2D eigenvalue weighted by Gasteiger charge is 2.10. The molecule has 2 rings (SSSR count). The van der Waals surface area contributed by atoms with Gasteiger partial charge in [0.25, 0.3) is 0 Å². The average Bonchev–Trinajstić information content (AvgIpc) is 2.46. The SMILES string of the molecule is C[C@H](Nc1cccc(OCc2ccccc2)c1)C(=O)O. The lowest BCUT2D eigenvalue weighted by Gasteiger charge is -2.12. The van der Waals surface area contributed by atoms with Gasteiger partial charge in [-0.1, -0.05) is 36.4 Å². The summed E-state index contributed by atoms with van der Waals surface area (Å²) in [5.41, 5.74) is 1.82. The molecule has 0 aliphatic carbocycles. The third-order valence-electron chi connectivity index (χ3n) is 2.84. The van der Waals surface area contributed by atoms with E-state index in [1.807, 2.05) is 48.5 Å². The molecule has 0 unspecified atom stereocenters. The number of carbonyl (C=O) groups is 1. The normalized spacial score (nSPS) is 11.7. The summed E-state index contributed by atoms with van der Waals surface area (Å²) in [5.74, 6) is -0.183. The van der Waals surface area contributed by atoms with Gasteiger partial charge in [0.05, 0.1) is 0 Å². The number of benzene rings is 2. The van der Waals surface area contributed by atoms with Crippen LogP contribution in [0.1, 0.15) is 12.5 Å². The molecular formula is C16H17NO3. The fourth-order valence-corrected chi connectivity index (χ4v) is 1.73. The largest absolute Gasteiger partial charge is 0.489 e. The lowest BCUT2D eigenvalue weighted by molar-refractivity contribution is -0.137. The van der Waals surface area contributed by atoms with Crippen molar-refractivity contribution in [2.75, 3.05) is 5.32 Å². The fourth-order valence-electron chi connectivity index (χ4n) is 1.73. The minimum atomic E-state index is -0.888. The van der Waals surface area contributed by atoms with Gasteiger partial charge in [-0.05, 0) is 24.6 Å². The van der Waals surface area contributed by atoms with E-state index in [9.17, 15) is 4.79 Å². The summed E-state index contributed by atoms with van der Waals surface area (Å²) >= 11 is 0. The summed E-state index contributed by atoms with van der Waals surface area (Å²) in [4.78, 5) is 10.8. The van der Waals surface area contributed by atoms with Crippen molar-refractivity contribution in [2.45, 2.75) is 19.6 Å². The van der Waals surface area contributed by atoms with Gasteiger partial charge < -0.3 is 15.2 Å². The number of rotatable bonds is 6. The Balaban J connectivity index is 1.97. The van der Waals surface area contributed by atoms with E-state index in [-0.39, 0.29) is 0 Å². The Morgan fingerprint density at radius 1 is 1.20 bits per heavy atom. The molecule has 2 N–H and O–H groups in total. The van der Waals surface area contributed by atoms with Crippen molar-refractivity contribution in [3.8, 4) is 5.75 Å². The van der Waals surface area contributed by atoms with Crippen molar-refractivity contribution < 1.29 is 14.6 Å². The van der Waals surface area contributed by atoms with Gasteiger partial charge >= 0.3 is 5.97 Å². The molecule has 0 aromatic heterocycles. The lowest BCUT2D eigenvalue weighted by Crippen LogP contribution is -2.25. The summed E-state index contributed by atoms with van der Waals surface area (Å²) in [7, 11) is 0. The number of aliphatic carboxylic acids is 1. The minimum Gasteiger partial charge on any atom is -0.489 e. The Labute approximate surface area is 118 Å². The number of carboxylic acids is 1. The second-order valence-corrected chi connectivity index (χ2v) is 4.51. The van der Waals surface area contributed by atoms with Gasteiger partial charge in [-0.15, -0.1) is 0 Å². The summed E-state index contributed by atoms with van der Waals surface area (Å²) in [6.45, 7) is 2.08. The van der Waals surface area contributed by atoms with Crippen LogP contribution in [0.3, 0.4) is 0 Å². The molecule has 0 heterocycles. The first-order valence-electron chi connectivity index (χ1n) is 6.41. The summed E-state index contributed by atoms with van der Waals surface area (Å²) < 4.78 is 5.69. The summed E-state index contributed by atoms with van der Waals surface area (Å²) in [5, 5.41) is 11.8. The third kappa shape index (κ3) is 4.02. The highest BCUT2D eigenvalue weighted by molar-refractivity contribution is 5.76. The number of nitrogens with one attached hydrogen (secondary N) is 1. The molecule has 0 bridgehead atoms. The predicted molar refractivity (Wildman–Crippen MR) is 77.9 cm³/mol. The number of hydrogen-bond donors (Lipinski definition) is 2. The molecule has 0 saturated heterocycles. The van der Waals surface area contributed by atoms with Crippen molar-refractivity contribution in [1.29, 1.82) is 0 Å². The molecule has 4 nitrogen and oxygen atoms in total. The smallest absolute Gasteiger partial charge is 0.325 e. The molecule has 0 radical (unpaired) electrons. The Bertz CT molecular complexity index is 569. The molecule has 0 aliphatic heterocycles. The van der Waals surface area contributed by atoms with Gasteiger partial charge in [-0.3, -0.25) is 4.79 Å². The van der Waals surface area contributed by atoms with E-state index in [1.165, 1.54) is 0 Å². The summed E-state index contributed by atoms with van der Waals surface area (Å²) in [6, 6.07) is 16.5. The first-order chi connectivity index (χ1) is 9.65. The zero-order chi connectivity index (χ0) is 14.4. The van der Waals surface area contributed by atoms with Crippen molar-refractivity contribution in [3.63, 3.8) is 0 Å². The number of hydrogen-bond acceptors (Lipinski definition) is 3.